The van der Waals surface area contributed by atoms with Crippen LogP contribution in [0.15, 0.2) is 0 Å². The molecule has 0 unspecified atom stereocenters. The number of hydrogen-bond donors (Lipinski definition) is 0. The molecular weight excluding hydrogens is 204 g/mol. The van der Waals surface area contributed by atoms with Gasteiger partial charge in [-0.15, -0.1) is 0 Å². The molecule has 0 rings (SSSR count). The van der Waals surface area contributed by atoms with E-state index in [0.29, 0.717) is 13.0 Å². The van der Waals surface area contributed by atoms with Crippen LogP contribution in [0, 0.1) is 5.41 Å². The highest BCUT2D eigenvalue weighted by Gasteiger charge is 2.28. The van der Waals surface area contributed by atoms with Gasteiger partial charge >= 0.3 is 5.97 Å². The first-order valence-electron chi connectivity index (χ1n) is 6.15. The minimum absolute atomic E-state index is 0.108. The standard InChI is InChI=1S/C13H24O3/c1-4-16-12(15)13(2,3)10-8-6-5-7-9-11-14/h11H,4-10H2,1-3H3. The van der Waals surface area contributed by atoms with Crippen molar-refractivity contribution < 1.29 is 14.3 Å². The van der Waals surface area contributed by atoms with E-state index >= 15 is 0 Å². The lowest BCUT2D eigenvalue weighted by Crippen LogP contribution is -2.26. The molecule has 0 aliphatic rings. The first-order valence-corrected chi connectivity index (χ1v) is 6.15. The Balaban J connectivity index is 3.65. The Bertz CT molecular complexity index is 209. The van der Waals surface area contributed by atoms with E-state index < -0.39 is 0 Å². The smallest absolute Gasteiger partial charge is 0.311 e. The van der Waals surface area contributed by atoms with Gasteiger partial charge in [0.2, 0.25) is 0 Å². The van der Waals surface area contributed by atoms with Gasteiger partial charge in [-0.25, -0.2) is 0 Å². The maximum absolute atomic E-state index is 11.6. The third kappa shape index (κ3) is 6.59. The summed E-state index contributed by atoms with van der Waals surface area (Å²) >= 11 is 0. The van der Waals surface area contributed by atoms with E-state index in [0.717, 1.165) is 38.4 Å². The van der Waals surface area contributed by atoms with Crippen LogP contribution >= 0.6 is 0 Å². The molecule has 0 saturated carbocycles. The zero-order valence-corrected chi connectivity index (χ0v) is 10.8. The SMILES string of the molecule is CCOC(=O)C(C)(C)CCCCCCC=O. The number of unbranched alkanes of at least 4 members (excludes halogenated alkanes) is 4. The number of hydrogen-bond acceptors (Lipinski definition) is 3. The predicted octanol–water partition coefficient (Wildman–Crippen LogP) is 3.12. The van der Waals surface area contributed by atoms with E-state index in [2.05, 4.69) is 0 Å². The molecule has 0 saturated heterocycles. The summed E-state index contributed by atoms with van der Waals surface area (Å²) in [5.41, 5.74) is -0.374. The van der Waals surface area contributed by atoms with Crippen LogP contribution in [0.2, 0.25) is 0 Å². The van der Waals surface area contributed by atoms with Gasteiger partial charge in [0.25, 0.3) is 0 Å². The quantitative estimate of drug-likeness (QED) is 0.346. The van der Waals surface area contributed by atoms with Crippen LogP contribution in [-0.2, 0) is 14.3 Å². The number of carbonyl (C=O) groups excluding carboxylic acids is 2. The molecule has 0 aliphatic carbocycles. The zero-order valence-electron chi connectivity index (χ0n) is 10.8. The van der Waals surface area contributed by atoms with Crippen molar-refractivity contribution in [3.8, 4) is 0 Å². The Labute approximate surface area is 98.6 Å². The lowest BCUT2D eigenvalue weighted by Gasteiger charge is -2.21. The van der Waals surface area contributed by atoms with Gasteiger partial charge in [0.15, 0.2) is 0 Å². The van der Waals surface area contributed by atoms with Crippen LogP contribution in [0.4, 0.5) is 0 Å². The summed E-state index contributed by atoms with van der Waals surface area (Å²) in [5, 5.41) is 0. The normalized spacial score (nSPS) is 11.2. The second kappa shape index (κ2) is 8.31. The third-order valence-corrected chi connectivity index (χ3v) is 2.70. The molecule has 0 amide bonds. The molecule has 0 N–H and O–H groups in total. The monoisotopic (exact) mass is 228 g/mol. The van der Waals surface area contributed by atoms with E-state index in [4.69, 9.17) is 4.74 Å². The molecule has 0 aliphatic heterocycles. The molecular formula is C13H24O3. The fourth-order valence-corrected chi connectivity index (χ4v) is 1.58. The van der Waals surface area contributed by atoms with Crippen molar-refractivity contribution in [2.24, 2.45) is 5.41 Å². The van der Waals surface area contributed by atoms with Gasteiger partial charge < -0.3 is 9.53 Å². The summed E-state index contributed by atoms with van der Waals surface area (Å²) in [6, 6.07) is 0. The number of esters is 1. The first kappa shape index (κ1) is 15.1. The predicted molar refractivity (Wildman–Crippen MR) is 64.2 cm³/mol. The molecule has 3 heteroatoms. The van der Waals surface area contributed by atoms with Gasteiger partial charge in [-0.1, -0.05) is 19.3 Å². The maximum atomic E-state index is 11.6. The molecule has 16 heavy (non-hydrogen) atoms. The van der Waals surface area contributed by atoms with Gasteiger partial charge in [-0.05, 0) is 33.6 Å². The van der Waals surface area contributed by atoms with Crippen molar-refractivity contribution in [3.63, 3.8) is 0 Å². The largest absolute Gasteiger partial charge is 0.466 e. The molecule has 0 fully saturated rings. The van der Waals surface area contributed by atoms with Crippen LogP contribution in [0.3, 0.4) is 0 Å². The number of rotatable bonds is 9. The molecule has 0 aromatic heterocycles. The summed E-state index contributed by atoms with van der Waals surface area (Å²) in [7, 11) is 0. The topological polar surface area (TPSA) is 43.4 Å². The number of carbonyl (C=O) groups is 2. The van der Waals surface area contributed by atoms with Gasteiger partial charge in [-0.3, -0.25) is 4.79 Å². The molecule has 0 atom stereocenters. The van der Waals surface area contributed by atoms with E-state index in [1.165, 1.54) is 0 Å². The molecule has 0 spiro atoms. The summed E-state index contributed by atoms with van der Waals surface area (Å²) in [5.74, 6) is -0.108. The van der Waals surface area contributed by atoms with Crippen LogP contribution in [0.5, 0.6) is 0 Å². The van der Waals surface area contributed by atoms with Crippen LogP contribution in [-0.4, -0.2) is 18.9 Å². The summed E-state index contributed by atoms with van der Waals surface area (Å²) < 4.78 is 5.02. The summed E-state index contributed by atoms with van der Waals surface area (Å²) in [6.07, 6.45) is 6.60. The van der Waals surface area contributed by atoms with Crippen molar-refractivity contribution in [2.45, 2.75) is 59.3 Å². The fourth-order valence-electron chi connectivity index (χ4n) is 1.58. The Morgan fingerprint density at radius 1 is 1.19 bits per heavy atom. The second-order valence-corrected chi connectivity index (χ2v) is 4.72. The fraction of sp³-hybridized carbons (Fsp3) is 0.846. The van der Waals surface area contributed by atoms with E-state index in [9.17, 15) is 9.59 Å². The second-order valence-electron chi connectivity index (χ2n) is 4.72. The molecule has 0 aromatic carbocycles. The molecule has 0 aromatic rings. The van der Waals surface area contributed by atoms with Crippen molar-refractivity contribution in [2.75, 3.05) is 6.61 Å². The lowest BCUT2D eigenvalue weighted by atomic mass is 9.87. The van der Waals surface area contributed by atoms with E-state index in [1.807, 2.05) is 20.8 Å². The van der Waals surface area contributed by atoms with E-state index in [-0.39, 0.29) is 11.4 Å². The van der Waals surface area contributed by atoms with Gasteiger partial charge in [0, 0.05) is 6.42 Å². The minimum Gasteiger partial charge on any atom is -0.466 e. The highest BCUT2D eigenvalue weighted by Crippen LogP contribution is 2.25. The molecule has 0 heterocycles. The van der Waals surface area contributed by atoms with Gasteiger partial charge in [0.05, 0.1) is 12.0 Å². The molecule has 0 radical (unpaired) electrons. The van der Waals surface area contributed by atoms with Gasteiger partial charge in [0.1, 0.15) is 6.29 Å². The Kier molecular flexibility index (Phi) is 7.86. The minimum atomic E-state index is -0.374. The first-order chi connectivity index (χ1) is 7.54. The molecule has 3 nitrogen and oxygen atoms in total. The lowest BCUT2D eigenvalue weighted by molar-refractivity contribution is -0.153. The third-order valence-electron chi connectivity index (χ3n) is 2.70. The number of ether oxygens (including phenoxy) is 1. The summed E-state index contributed by atoms with van der Waals surface area (Å²) in [4.78, 5) is 21.7. The van der Waals surface area contributed by atoms with Gasteiger partial charge in [-0.2, -0.15) is 0 Å². The highest BCUT2D eigenvalue weighted by molar-refractivity contribution is 5.75. The number of aldehydes is 1. The molecule has 94 valence electrons. The van der Waals surface area contributed by atoms with Crippen molar-refractivity contribution in [1.82, 2.24) is 0 Å². The zero-order chi connectivity index (χ0) is 12.4. The average molecular weight is 228 g/mol. The maximum Gasteiger partial charge on any atom is 0.311 e. The van der Waals surface area contributed by atoms with Crippen LogP contribution in [0.25, 0.3) is 0 Å². The Morgan fingerprint density at radius 3 is 2.38 bits per heavy atom. The average Bonchev–Trinajstić information content (AvgIpc) is 2.23. The Morgan fingerprint density at radius 2 is 1.81 bits per heavy atom. The van der Waals surface area contributed by atoms with Crippen molar-refractivity contribution >= 4 is 12.3 Å². The van der Waals surface area contributed by atoms with Crippen molar-refractivity contribution in [3.05, 3.63) is 0 Å². The van der Waals surface area contributed by atoms with Crippen molar-refractivity contribution in [1.29, 1.82) is 0 Å². The summed E-state index contributed by atoms with van der Waals surface area (Å²) in [6.45, 7) is 6.13. The van der Waals surface area contributed by atoms with E-state index in [1.54, 1.807) is 0 Å². The molecule has 0 bridgehead atoms. The van der Waals surface area contributed by atoms with Crippen LogP contribution < -0.4 is 0 Å². The van der Waals surface area contributed by atoms with Crippen LogP contribution in [0.1, 0.15) is 59.3 Å². The Hall–Kier alpha value is -0.860. The highest BCUT2D eigenvalue weighted by atomic mass is 16.5.